The van der Waals surface area contributed by atoms with Gasteiger partial charge in [0.25, 0.3) is 0 Å². The first kappa shape index (κ1) is 26.9. The Morgan fingerprint density at radius 1 is 1.14 bits per heavy atom. The molecular weight excluding hydrogens is 491 g/mol. The lowest BCUT2D eigenvalue weighted by atomic mass is 9.73. The molecule has 202 valence electrons. The number of likely N-dealkylation sites (tertiary alicyclic amines) is 1. The van der Waals surface area contributed by atoms with Gasteiger partial charge in [-0.1, -0.05) is 39.0 Å². The van der Waals surface area contributed by atoms with Crippen LogP contribution in [0, 0.1) is 11.3 Å². The summed E-state index contributed by atoms with van der Waals surface area (Å²) < 4.78 is 38.7. The van der Waals surface area contributed by atoms with E-state index in [0.29, 0.717) is 24.9 Å². The third-order valence-electron chi connectivity index (χ3n) is 7.35. The molecule has 2 heterocycles. The first-order chi connectivity index (χ1) is 17.1. The summed E-state index contributed by atoms with van der Waals surface area (Å²) in [6.07, 6.45) is -4.06. The van der Waals surface area contributed by atoms with Gasteiger partial charge < -0.3 is 26.6 Å². The second-order valence-electron chi connectivity index (χ2n) is 11.4. The molecule has 1 aliphatic carbocycles. The normalized spacial score (nSPS) is 25.2. The number of alkyl halides is 3. The van der Waals surface area contributed by atoms with Gasteiger partial charge in [0.2, 0.25) is 17.7 Å². The van der Waals surface area contributed by atoms with E-state index in [2.05, 4.69) is 10.6 Å². The van der Waals surface area contributed by atoms with Gasteiger partial charge in [-0.25, -0.2) is 0 Å². The first-order valence-electron chi connectivity index (χ1n) is 12.3. The SMILES string of the molecule is CC(C)(C)[C@H](NC(=O)C(F)(F)F)C(=O)N[C@H](C(=O)N1C[C@@]2(CC(=O)Nc3ccccc32)C[C@H]1N)C1CC1. The molecule has 9 nitrogen and oxygen atoms in total. The van der Waals surface area contributed by atoms with Crippen LogP contribution in [-0.2, 0) is 24.6 Å². The van der Waals surface area contributed by atoms with Crippen LogP contribution >= 0.6 is 0 Å². The van der Waals surface area contributed by atoms with E-state index in [4.69, 9.17) is 5.73 Å². The number of hydrogen-bond acceptors (Lipinski definition) is 5. The predicted octanol–water partition coefficient (Wildman–Crippen LogP) is 1.77. The molecule has 2 aliphatic heterocycles. The lowest BCUT2D eigenvalue weighted by molar-refractivity contribution is -0.175. The van der Waals surface area contributed by atoms with Crippen LogP contribution in [0.1, 0.15) is 52.0 Å². The van der Waals surface area contributed by atoms with Gasteiger partial charge >= 0.3 is 12.1 Å². The third-order valence-corrected chi connectivity index (χ3v) is 7.35. The van der Waals surface area contributed by atoms with E-state index in [1.165, 1.54) is 25.7 Å². The maximum absolute atomic E-state index is 13.7. The van der Waals surface area contributed by atoms with Crippen molar-refractivity contribution >= 4 is 29.3 Å². The molecule has 5 N–H and O–H groups in total. The molecule has 0 bridgehead atoms. The Balaban J connectivity index is 1.55. The number of rotatable bonds is 5. The van der Waals surface area contributed by atoms with Gasteiger partial charge in [-0.3, -0.25) is 19.2 Å². The number of nitrogens with two attached hydrogens (primary N) is 1. The molecule has 4 amide bonds. The average molecular weight is 524 g/mol. The highest BCUT2D eigenvalue weighted by Gasteiger charge is 2.52. The Kier molecular flexibility index (Phi) is 6.76. The first-order valence-corrected chi connectivity index (χ1v) is 12.3. The lowest BCUT2D eigenvalue weighted by Gasteiger charge is -2.36. The summed E-state index contributed by atoms with van der Waals surface area (Å²) in [5.74, 6) is -3.92. The second-order valence-corrected chi connectivity index (χ2v) is 11.4. The smallest absolute Gasteiger partial charge is 0.342 e. The van der Waals surface area contributed by atoms with Crippen LogP contribution in [0.4, 0.5) is 18.9 Å². The van der Waals surface area contributed by atoms with Crippen molar-refractivity contribution in [1.82, 2.24) is 15.5 Å². The number of carbonyl (C=O) groups excluding carboxylic acids is 4. The summed E-state index contributed by atoms with van der Waals surface area (Å²) in [5, 5.41) is 7.23. The molecule has 0 unspecified atom stereocenters. The van der Waals surface area contributed by atoms with Crippen molar-refractivity contribution in [1.29, 1.82) is 0 Å². The fourth-order valence-electron chi connectivity index (χ4n) is 5.35. The third kappa shape index (κ3) is 5.43. The van der Waals surface area contributed by atoms with Crippen LogP contribution in [0.5, 0.6) is 0 Å². The number of fused-ring (bicyclic) bond motifs is 2. The zero-order valence-corrected chi connectivity index (χ0v) is 20.9. The summed E-state index contributed by atoms with van der Waals surface area (Å²) in [6, 6.07) is 4.81. The summed E-state index contributed by atoms with van der Waals surface area (Å²) in [6.45, 7) is 4.73. The van der Waals surface area contributed by atoms with E-state index in [0.717, 1.165) is 5.56 Å². The van der Waals surface area contributed by atoms with Crippen molar-refractivity contribution in [2.45, 2.75) is 76.3 Å². The molecule has 2 fully saturated rings. The van der Waals surface area contributed by atoms with Crippen LogP contribution in [0.25, 0.3) is 0 Å². The topological polar surface area (TPSA) is 134 Å². The Morgan fingerprint density at radius 2 is 1.78 bits per heavy atom. The second kappa shape index (κ2) is 9.30. The molecule has 1 saturated carbocycles. The average Bonchev–Trinajstić information content (AvgIpc) is 3.57. The van der Waals surface area contributed by atoms with E-state index in [1.807, 2.05) is 12.1 Å². The molecule has 4 atom stereocenters. The minimum atomic E-state index is -5.16. The van der Waals surface area contributed by atoms with Crippen LogP contribution in [0.15, 0.2) is 24.3 Å². The quantitative estimate of drug-likeness (QED) is 0.467. The maximum Gasteiger partial charge on any atom is 0.471 e. The number of para-hydroxylation sites is 1. The molecule has 12 heteroatoms. The number of halogens is 3. The molecule has 1 saturated heterocycles. The number of benzene rings is 1. The highest BCUT2D eigenvalue weighted by Crippen LogP contribution is 2.46. The van der Waals surface area contributed by atoms with Crippen molar-refractivity contribution < 1.29 is 32.3 Å². The van der Waals surface area contributed by atoms with Crippen LogP contribution < -0.4 is 21.7 Å². The van der Waals surface area contributed by atoms with Crippen molar-refractivity contribution in [2.24, 2.45) is 17.1 Å². The molecule has 0 radical (unpaired) electrons. The highest BCUT2D eigenvalue weighted by molar-refractivity contribution is 5.97. The van der Waals surface area contributed by atoms with Gasteiger partial charge in [0, 0.05) is 24.1 Å². The van der Waals surface area contributed by atoms with E-state index in [9.17, 15) is 32.3 Å². The number of nitrogens with zero attached hydrogens (tertiary/aromatic N) is 1. The summed E-state index contributed by atoms with van der Waals surface area (Å²) >= 11 is 0. The Labute approximate surface area is 212 Å². The van der Waals surface area contributed by atoms with E-state index >= 15 is 0 Å². The van der Waals surface area contributed by atoms with Gasteiger partial charge in [0.15, 0.2) is 0 Å². The summed E-state index contributed by atoms with van der Waals surface area (Å²) in [7, 11) is 0. The lowest BCUT2D eigenvalue weighted by Crippen LogP contribution is -2.60. The van der Waals surface area contributed by atoms with Crippen molar-refractivity contribution in [3.8, 4) is 0 Å². The summed E-state index contributed by atoms with van der Waals surface area (Å²) in [5.41, 5.74) is 6.21. The van der Waals surface area contributed by atoms with Gasteiger partial charge in [-0.2, -0.15) is 13.2 Å². The highest BCUT2D eigenvalue weighted by atomic mass is 19.4. The minimum Gasteiger partial charge on any atom is -0.342 e. The van der Waals surface area contributed by atoms with Gasteiger partial charge in [0.05, 0.1) is 6.17 Å². The monoisotopic (exact) mass is 523 g/mol. The fourth-order valence-corrected chi connectivity index (χ4v) is 5.35. The number of nitrogens with one attached hydrogen (secondary N) is 3. The molecule has 1 spiro atoms. The zero-order valence-electron chi connectivity index (χ0n) is 20.9. The Bertz CT molecular complexity index is 1110. The number of anilines is 1. The summed E-state index contributed by atoms with van der Waals surface area (Å²) in [4.78, 5) is 52.4. The van der Waals surface area contributed by atoms with Crippen LogP contribution in [-0.4, -0.2) is 59.5 Å². The molecular formula is C25H32F3N5O4. The fraction of sp³-hybridized carbons (Fsp3) is 0.600. The molecule has 4 rings (SSSR count). The van der Waals surface area contributed by atoms with Crippen LogP contribution in [0.3, 0.4) is 0 Å². The molecule has 3 aliphatic rings. The number of carbonyl (C=O) groups is 4. The van der Waals surface area contributed by atoms with Crippen molar-refractivity contribution in [2.75, 3.05) is 11.9 Å². The largest absolute Gasteiger partial charge is 0.471 e. The van der Waals surface area contributed by atoms with E-state index in [-0.39, 0.29) is 24.8 Å². The zero-order chi connectivity index (χ0) is 27.3. The number of hydrogen-bond donors (Lipinski definition) is 4. The molecule has 37 heavy (non-hydrogen) atoms. The van der Waals surface area contributed by atoms with Gasteiger partial charge in [-0.15, -0.1) is 0 Å². The Hall–Kier alpha value is -3.15. The van der Waals surface area contributed by atoms with Crippen molar-refractivity contribution in [3.05, 3.63) is 29.8 Å². The van der Waals surface area contributed by atoms with E-state index in [1.54, 1.807) is 17.4 Å². The van der Waals surface area contributed by atoms with Gasteiger partial charge in [-0.05, 0) is 42.2 Å². The predicted molar refractivity (Wildman–Crippen MR) is 128 cm³/mol. The van der Waals surface area contributed by atoms with Crippen molar-refractivity contribution in [3.63, 3.8) is 0 Å². The molecule has 1 aromatic carbocycles. The minimum absolute atomic E-state index is 0.150. The maximum atomic E-state index is 13.7. The molecule has 1 aromatic rings. The Morgan fingerprint density at radius 3 is 2.38 bits per heavy atom. The number of amides is 4. The van der Waals surface area contributed by atoms with Crippen LogP contribution in [0.2, 0.25) is 0 Å². The van der Waals surface area contributed by atoms with Gasteiger partial charge in [0.1, 0.15) is 12.1 Å². The standard InChI is InChI=1S/C25H32F3N5O4/c1-23(2,3)19(32-22(37)25(26,27)28)20(35)31-18(13-8-9-13)21(36)33-12-24(10-16(33)29)11-17(34)30-15-7-5-4-6-14(15)24/h4-7,13,16,18-19H,8-12,29H2,1-3H3,(H,30,34)(H,31,35)(H,32,37)/t16-,18-,19+,24-/m0/s1. The van der Waals surface area contributed by atoms with E-state index < -0.39 is 53.0 Å². The molecule has 0 aromatic heterocycles.